The number of nitrogens with one attached hydrogen (secondary N) is 1. The Bertz CT molecular complexity index is 453. The van der Waals surface area contributed by atoms with E-state index in [-0.39, 0.29) is 11.9 Å². The molecule has 0 aliphatic rings. The minimum absolute atomic E-state index is 0.197. The molecule has 227 valence electrons. The molecule has 3 heteroatoms. The van der Waals surface area contributed by atoms with Crippen molar-refractivity contribution in [1.82, 2.24) is 5.32 Å². The molecule has 3 nitrogen and oxygen atoms in total. The first-order valence-electron chi connectivity index (χ1n) is 17.4. The summed E-state index contributed by atoms with van der Waals surface area (Å²) in [5.74, 6) is 0.197. The van der Waals surface area contributed by atoms with Crippen molar-refractivity contribution in [1.29, 1.82) is 0 Å². The lowest BCUT2D eigenvalue weighted by atomic mass is 10.0. The number of carbonyl (C=O) groups excluding carboxylic acids is 1. The normalized spacial score (nSPS) is 12.2. The molecule has 0 saturated heterocycles. The van der Waals surface area contributed by atoms with Gasteiger partial charge in [-0.25, -0.2) is 0 Å². The van der Waals surface area contributed by atoms with Gasteiger partial charge in [0.25, 0.3) is 0 Å². The number of carbonyl (C=O) groups is 1. The van der Waals surface area contributed by atoms with Gasteiger partial charge < -0.3 is 10.1 Å². The van der Waals surface area contributed by atoms with Gasteiger partial charge in [-0.15, -0.1) is 0 Å². The summed E-state index contributed by atoms with van der Waals surface area (Å²) in [5.41, 5.74) is 0. The van der Waals surface area contributed by atoms with Crippen LogP contribution >= 0.6 is 0 Å². The summed E-state index contributed by atoms with van der Waals surface area (Å²) >= 11 is 0. The van der Waals surface area contributed by atoms with Crippen molar-refractivity contribution >= 4 is 5.91 Å². The minimum Gasteiger partial charge on any atom is -0.381 e. The van der Waals surface area contributed by atoms with E-state index >= 15 is 0 Å². The first-order chi connectivity index (χ1) is 18.7. The Balaban J connectivity index is 3.36. The molecule has 0 aromatic carbocycles. The van der Waals surface area contributed by atoms with Crippen LogP contribution in [0.1, 0.15) is 194 Å². The van der Waals surface area contributed by atoms with Crippen molar-refractivity contribution in [2.24, 2.45) is 0 Å². The molecule has 1 atom stereocenters. The third kappa shape index (κ3) is 30.0. The summed E-state index contributed by atoms with van der Waals surface area (Å²) in [6, 6.07) is 0.253. The Kier molecular flexibility index (Phi) is 32.2. The standard InChI is InChI=1S/C35H70NO2/c1-4-7-9-11-13-15-17-18-19-21-23-25-28-32-38-33-29-27-31-35(37)36-34(6-3)30-26-24-22-20-16-14-12-10-8-5-2/h34H,3-33H2,1-2H3,(H,36,37). The number of amides is 1. The predicted molar refractivity (Wildman–Crippen MR) is 169 cm³/mol. The van der Waals surface area contributed by atoms with Gasteiger partial charge in [-0.1, -0.05) is 162 Å². The van der Waals surface area contributed by atoms with Crippen LogP contribution in [0.15, 0.2) is 0 Å². The number of hydrogen-bond acceptors (Lipinski definition) is 2. The number of ether oxygens (including phenoxy) is 1. The maximum Gasteiger partial charge on any atom is 0.220 e. The molecule has 0 aliphatic heterocycles. The van der Waals surface area contributed by atoms with E-state index in [2.05, 4.69) is 26.1 Å². The first kappa shape index (κ1) is 37.4. The number of hydrogen-bond donors (Lipinski definition) is 1. The van der Waals surface area contributed by atoms with E-state index in [1.807, 2.05) is 0 Å². The van der Waals surface area contributed by atoms with Gasteiger partial charge in [-0.2, -0.15) is 0 Å². The van der Waals surface area contributed by atoms with Crippen molar-refractivity contribution in [2.75, 3.05) is 13.2 Å². The Morgan fingerprint density at radius 1 is 0.553 bits per heavy atom. The smallest absolute Gasteiger partial charge is 0.220 e. The highest BCUT2D eigenvalue weighted by Crippen LogP contribution is 2.14. The number of unbranched alkanes of at least 4 members (excludes halogenated alkanes) is 22. The molecular formula is C35H70NO2. The quantitative estimate of drug-likeness (QED) is 0.0868. The highest BCUT2D eigenvalue weighted by Gasteiger charge is 2.10. The van der Waals surface area contributed by atoms with Gasteiger partial charge in [-0.3, -0.25) is 4.79 Å². The molecule has 0 aliphatic carbocycles. The van der Waals surface area contributed by atoms with E-state index in [4.69, 9.17) is 4.74 Å². The summed E-state index contributed by atoms with van der Waals surface area (Å²) in [7, 11) is 0. The lowest BCUT2D eigenvalue weighted by Crippen LogP contribution is -2.34. The van der Waals surface area contributed by atoms with Crippen molar-refractivity contribution in [3.8, 4) is 0 Å². The molecule has 0 spiro atoms. The summed E-state index contributed by atoms with van der Waals surface area (Å²) in [5, 5.41) is 3.21. The molecule has 0 heterocycles. The Morgan fingerprint density at radius 2 is 0.921 bits per heavy atom. The van der Waals surface area contributed by atoms with Gasteiger partial charge in [0.05, 0.1) is 0 Å². The van der Waals surface area contributed by atoms with Crippen LogP contribution in [0, 0.1) is 6.92 Å². The van der Waals surface area contributed by atoms with Crippen LogP contribution in [-0.4, -0.2) is 25.2 Å². The maximum absolute atomic E-state index is 12.3. The summed E-state index contributed by atoms with van der Waals surface area (Å²) in [6.07, 6.45) is 36.0. The topological polar surface area (TPSA) is 38.3 Å². The average molecular weight is 537 g/mol. The van der Waals surface area contributed by atoms with E-state index in [9.17, 15) is 4.79 Å². The third-order valence-corrected chi connectivity index (χ3v) is 7.95. The molecule has 0 saturated carbocycles. The predicted octanol–water partition coefficient (Wildman–Crippen LogP) is 11.3. The van der Waals surface area contributed by atoms with Crippen molar-refractivity contribution in [3.05, 3.63) is 6.92 Å². The van der Waals surface area contributed by atoms with Crippen LogP contribution in [-0.2, 0) is 9.53 Å². The lowest BCUT2D eigenvalue weighted by Gasteiger charge is -2.17. The molecule has 0 aromatic heterocycles. The summed E-state index contributed by atoms with van der Waals surface area (Å²) in [4.78, 5) is 12.3. The Hall–Kier alpha value is -0.570. The van der Waals surface area contributed by atoms with Crippen molar-refractivity contribution in [3.63, 3.8) is 0 Å². The highest BCUT2D eigenvalue weighted by molar-refractivity contribution is 5.76. The van der Waals surface area contributed by atoms with Gasteiger partial charge in [0.2, 0.25) is 5.91 Å². The summed E-state index contributed by atoms with van der Waals surface area (Å²) < 4.78 is 5.79. The molecule has 1 amide bonds. The summed E-state index contributed by atoms with van der Waals surface area (Å²) in [6.45, 7) is 10.3. The monoisotopic (exact) mass is 537 g/mol. The molecule has 38 heavy (non-hydrogen) atoms. The second-order valence-corrected chi connectivity index (χ2v) is 11.8. The zero-order valence-corrected chi connectivity index (χ0v) is 26.3. The zero-order chi connectivity index (χ0) is 27.8. The fourth-order valence-corrected chi connectivity index (χ4v) is 5.28. The van der Waals surface area contributed by atoms with E-state index in [0.29, 0.717) is 6.42 Å². The lowest BCUT2D eigenvalue weighted by molar-refractivity contribution is -0.122. The van der Waals surface area contributed by atoms with Crippen LogP contribution in [0.25, 0.3) is 0 Å². The molecule has 0 fully saturated rings. The molecular weight excluding hydrogens is 466 g/mol. The minimum atomic E-state index is 0.197. The van der Waals surface area contributed by atoms with Crippen LogP contribution in [0.3, 0.4) is 0 Å². The van der Waals surface area contributed by atoms with Crippen LogP contribution in [0.4, 0.5) is 0 Å². The van der Waals surface area contributed by atoms with Crippen molar-refractivity contribution < 1.29 is 9.53 Å². The maximum atomic E-state index is 12.3. The Labute approximate surface area is 240 Å². The molecule has 0 aromatic rings. The van der Waals surface area contributed by atoms with Gasteiger partial charge in [-0.05, 0) is 32.1 Å². The van der Waals surface area contributed by atoms with Gasteiger partial charge >= 0.3 is 0 Å². The molecule has 0 rings (SSSR count). The second kappa shape index (κ2) is 32.6. The molecule has 0 bridgehead atoms. The second-order valence-electron chi connectivity index (χ2n) is 11.8. The van der Waals surface area contributed by atoms with E-state index in [1.165, 1.54) is 148 Å². The van der Waals surface area contributed by atoms with Gasteiger partial charge in [0.15, 0.2) is 0 Å². The average Bonchev–Trinajstić information content (AvgIpc) is 2.92. The van der Waals surface area contributed by atoms with Crippen molar-refractivity contribution in [2.45, 2.75) is 200 Å². The third-order valence-electron chi connectivity index (χ3n) is 7.95. The zero-order valence-electron chi connectivity index (χ0n) is 26.3. The SMILES string of the molecule is [CH2]CC(CCCCCCCCCCCC)NC(=O)CCCCOCCCCCCCCCCCCCCC. The Morgan fingerprint density at radius 3 is 1.34 bits per heavy atom. The number of rotatable bonds is 32. The molecule has 1 radical (unpaired) electrons. The largest absolute Gasteiger partial charge is 0.381 e. The van der Waals surface area contributed by atoms with E-state index in [0.717, 1.165) is 38.9 Å². The fraction of sp³-hybridized carbons (Fsp3) is 0.943. The van der Waals surface area contributed by atoms with Crippen LogP contribution in [0.2, 0.25) is 0 Å². The van der Waals surface area contributed by atoms with E-state index in [1.54, 1.807) is 0 Å². The van der Waals surface area contributed by atoms with Gasteiger partial charge in [0.1, 0.15) is 0 Å². The molecule has 1 unspecified atom stereocenters. The highest BCUT2D eigenvalue weighted by atomic mass is 16.5. The molecule has 1 N–H and O–H groups in total. The van der Waals surface area contributed by atoms with Crippen LogP contribution < -0.4 is 5.32 Å². The fourth-order valence-electron chi connectivity index (χ4n) is 5.28. The first-order valence-corrected chi connectivity index (χ1v) is 17.4. The van der Waals surface area contributed by atoms with E-state index < -0.39 is 0 Å². The van der Waals surface area contributed by atoms with Crippen LogP contribution in [0.5, 0.6) is 0 Å². The van der Waals surface area contributed by atoms with Gasteiger partial charge in [0, 0.05) is 25.7 Å².